The third kappa shape index (κ3) is 2.11. The second-order valence-corrected chi connectivity index (χ2v) is 8.38. The van der Waals surface area contributed by atoms with Crippen LogP contribution in [0.1, 0.15) is 57.8 Å². The van der Waals surface area contributed by atoms with Crippen molar-refractivity contribution in [3.63, 3.8) is 0 Å². The van der Waals surface area contributed by atoms with Crippen LogP contribution in [0.4, 0.5) is 0 Å². The van der Waals surface area contributed by atoms with Crippen LogP contribution in [0, 0.1) is 29.6 Å². The molecule has 5 aliphatic carbocycles. The first kappa shape index (κ1) is 14.6. The van der Waals surface area contributed by atoms with E-state index in [0.29, 0.717) is 37.5 Å². The maximum absolute atomic E-state index is 11.1. The Morgan fingerprint density at radius 1 is 0.826 bits per heavy atom. The molecular formula is C17H24O6. The molecule has 1 heterocycles. The normalized spacial score (nSPS) is 54.7. The summed E-state index contributed by atoms with van der Waals surface area (Å²) in [5.74, 6) is -0.319. The maximum Gasteiger partial charge on any atom is 0.306 e. The van der Waals surface area contributed by atoms with Gasteiger partial charge in [-0.05, 0) is 56.8 Å². The summed E-state index contributed by atoms with van der Waals surface area (Å²) in [5.41, 5.74) is 0. The molecule has 0 aromatic rings. The number of carboxylic acids is 1. The molecule has 6 aliphatic rings. The highest BCUT2D eigenvalue weighted by atomic mass is 17.4. The van der Waals surface area contributed by atoms with Gasteiger partial charge >= 0.3 is 5.97 Å². The lowest BCUT2D eigenvalue weighted by Crippen LogP contribution is -2.64. The van der Waals surface area contributed by atoms with E-state index in [0.717, 1.165) is 37.5 Å². The van der Waals surface area contributed by atoms with Crippen LogP contribution in [0.25, 0.3) is 0 Å². The first-order valence-corrected chi connectivity index (χ1v) is 9.05. The van der Waals surface area contributed by atoms with Crippen LogP contribution in [0.2, 0.25) is 0 Å². The molecule has 5 saturated carbocycles. The third-order valence-corrected chi connectivity index (χ3v) is 7.02. The minimum atomic E-state index is -0.911. The van der Waals surface area contributed by atoms with Crippen molar-refractivity contribution in [1.82, 2.24) is 0 Å². The molecule has 128 valence electrons. The molecule has 6 rings (SSSR count). The van der Waals surface area contributed by atoms with Gasteiger partial charge in [0.1, 0.15) is 0 Å². The smallest absolute Gasteiger partial charge is 0.306 e. The van der Waals surface area contributed by atoms with E-state index in [1.165, 1.54) is 6.42 Å². The molecule has 6 fully saturated rings. The van der Waals surface area contributed by atoms with Gasteiger partial charge in [0, 0.05) is 24.7 Å². The second kappa shape index (κ2) is 4.91. The van der Waals surface area contributed by atoms with Crippen LogP contribution >= 0.6 is 0 Å². The first-order valence-electron chi connectivity index (χ1n) is 9.05. The van der Waals surface area contributed by atoms with Gasteiger partial charge in [-0.15, -0.1) is 0 Å². The average molecular weight is 324 g/mol. The Morgan fingerprint density at radius 3 is 1.83 bits per heavy atom. The zero-order chi connectivity index (χ0) is 15.7. The quantitative estimate of drug-likeness (QED) is 0.747. The fraction of sp³-hybridized carbons (Fsp3) is 0.941. The second-order valence-electron chi connectivity index (χ2n) is 8.38. The molecule has 6 nitrogen and oxygen atoms in total. The van der Waals surface area contributed by atoms with Gasteiger partial charge in [-0.25, -0.2) is 0 Å². The molecule has 23 heavy (non-hydrogen) atoms. The minimum absolute atomic E-state index is 0.315. The zero-order valence-corrected chi connectivity index (χ0v) is 13.2. The molecule has 2 spiro atoms. The molecule has 1 N–H and O–H groups in total. The van der Waals surface area contributed by atoms with Crippen molar-refractivity contribution in [3.8, 4) is 0 Å². The maximum atomic E-state index is 11.1. The van der Waals surface area contributed by atoms with Crippen molar-refractivity contribution >= 4 is 5.97 Å². The Kier molecular flexibility index (Phi) is 3.12. The van der Waals surface area contributed by atoms with Crippen LogP contribution in [-0.4, -0.2) is 22.7 Å². The fourth-order valence-corrected chi connectivity index (χ4v) is 5.89. The SMILES string of the molecule is O=C(O)C1CCC2(CC1)OOC1(OO2)C2CC3CC(C2)CC1C3. The standard InChI is InChI=1S/C17H24O6/c18-15(19)12-1-3-16(4-2-12)20-22-17(23-21-16)13-6-10-5-11(8-13)9-14(17)7-10/h10-14H,1-9H2,(H,18,19). The van der Waals surface area contributed by atoms with Crippen molar-refractivity contribution in [2.24, 2.45) is 29.6 Å². The van der Waals surface area contributed by atoms with Gasteiger partial charge < -0.3 is 5.11 Å². The van der Waals surface area contributed by atoms with Gasteiger partial charge in [0.05, 0.1) is 5.92 Å². The van der Waals surface area contributed by atoms with Gasteiger partial charge in [-0.2, -0.15) is 19.6 Å². The monoisotopic (exact) mass is 324 g/mol. The lowest BCUT2D eigenvalue weighted by Gasteiger charge is -2.60. The van der Waals surface area contributed by atoms with E-state index in [2.05, 4.69) is 0 Å². The summed E-state index contributed by atoms with van der Waals surface area (Å²) >= 11 is 0. The summed E-state index contributed by atoms with van der Waals surface area (Å²) < 4.78 is 0. The predicted octanol–water partition coefficient (Wildman–Crippen LogP) is 3.02. The zero-order valence-electron chi connectivity index (χ0n) is 13.2. The number of carbonyl (C=O) groups is 1. The Morgan fingerprint density at radius 2 is 1.35 bits per heavy atom. The lowest BCUT2D eigenvalue weighted by molar-refractivity contribution is -0.680. The number of hydrogen-bond acceptors (Lipinski definition) is 5. The van der Waals surface area contributed by atoms with Crippen LogP contribution in [0.3, 0.4) is 0 Å². The fourth-order valence-electron chi connectivity index (χ4n) is 5.89. The molecule has 0 radical (unpaired) electrons. The van der Waals surface area contributed by atoms with Gasteiger partial charge in [-0.3, -0.25) is 4.79 Å². The highest BCUT2D eigenvalue weighted by Crippen LogP contribution is 2.61. The van der Waals surface area contributed by atoms with Crippen LogP contribution < -0.4 is 0 Å². The molecule has 0 amide bonds. The summed E-state index contributed by atoms with van der Waals surface area (Å²) in [6.07, 6.45) is 8.02. The number of aliphatic carboxylic acids is 1. The molecule has 4 bridgehead atoms. The molecule has 0 aromatic heterocycles. The van der Waals surface area contributed by atoms with Crippen LogP contribution in [0.5, 0.6) is 0 Å². The summed E-state index contributed by atoms with van der Waals surface area (Å²) in [6.45, 7) is 0. The van der Waals surface area contributed by atoms with Crippen LogP contribution in [0.15, 0.2) is 0 Å². The van der Waals surface area contributed by atoms with Crippen molar-refractivity contribution in [1.29, 1.82) is 0 Å². The largest absolute Gasteiger partial charge is 0.481 e. The minimum Gasteiger partial charge on any atom is -0.481 e. The van der Waals surface area contributed by atoms with Crippen molar-refractivity contribution < 1.29 is 29.5 Å². The van der Waals surface area contributed by atoms with E-state index < -0.39 is 17.5 Å². The number of carboxylic acid groups (broad SMARTS) is 1. The Hall–Kier alpha value is -0.690. The predicted molar refractivity (Wildman–Crippen MR) is 76.4 cm³/mol. The molecule has 0 unspecified atom stereocenters. The molecule has 6 heteroatoms. The molecule has 1 aliphatic heterocycles. The molecule has 0 aromatic carbocycles. The van der Waals surface area contributed by atoms with Gasteiger partial charge in [0.2, 0.25) is 11.6 Å². The highest BCUT2D eigenvalue weighted by Gasteiger charge is 2.64. The Labute approximate surface area is 135 Å². The third-order valence-electron chi connectivity index (χ3n) is 7.02. The van der Waals surface area contributed by atoms with E-state index in [9.17, 15) is 4.79 Å². The van der Waals surface area contributed by atoms with Crippen molar-refractivity contribution in [2.75, 3.05) is 0 Å². The average Bonchev–Trinajstić information content (AvgIpc) is 2.54. The highest BCUT2D eigenvalue weighted by molar-refractivity contribution is 5.70. The summed E-state index contributed by atoms with van der Waals surface area (Å²) in [5, 5.41) is 9.12. The van der Waals surface area contributed by atoms with Crippen molar-refractivity contribution in [3.05, 3.63) is 0 Å². The summed E-state index contributed by atoms with van der Waals surface area (Å²) in [4.78, 5) is 34.5. The van der Waals surface area contributed by atoms with Gasteiger partial charge in [0.15, 0.2) is 0 Å². The molecular weight excluding hydrogens is 300 g/mol. The van der Waals surface area contributed by atoms with E-state index >= 15 is 0 Å². The lowest BCUT2D eigenvalue weighted by atomic mass is 9.53. The van der Waals surface area contributed by atoms with Crippen molar-refractivity contribution in [2.45, 2.75) is 69.4 Å². The van der Waals surface area contributed by atoms with Gasteiger partial charge in [0.25, 0.3) is 0 Å². The van der Waals surface area contributed by atoms with E-state index in [1.807, 2.05) is 0 Å². The molecule has 0 atom stereocenters. The Balaban J connectivity index is 1.29. The summed E-state index contributed by atoms with van der Waals surface area (Å²) in [6, 6.07) is 0. The van der Waals surface area contributed by atoms with Gasteiger partial charge in [-0.1, -0.05) is 0 Å². The summed E-state index contributed by atoms with van der Waals surface area (Å²) in [7, 11) is 0. The van der Waals surface area contributed by atoms with Crippen LogP contribution in [-0.2, 0) is 24.3 Å². The topological polar surface area (TPSA) is 74.2 Å². The van der Waals surface area contributed by atoms with E-state index in [-0.39, 0.29) is 5.92 Å². The number of rotatable bonds is 1. The van der Waals surface area contributed by atoms with E-state index in [4.69, 9.17) is 24.7 Å². The number of hydrogen-bond donors (Lipinski definition) is 1. The Bertz CT molecular complexity index is 469. The van der Waals surface area contributed by atoms with E-state index in [1.54, 1.807) is 0 Å². The molecule has 1 saturated heterocycles. The first-order chi connectivity index (χ1) is 11.1.